The first-order valence-electron chi connectivity index (χ1n) is 8.52. The normalized spacial score (nSPS) is 12.5. The van der Waals surface area contributed by atoms with Gasteiger partial charge in [0, 0.05) is 35.1 Å². The maximum absolute atomic E-state index is 10.9. The Balaban J connectivity index is 2.57. The molecule has 0 aliphatic carbocycles. The Kier molecular flexibility index (Phi) is 5.05. The molecule has 0 amide bonds. The highest BCUT2D eigenvalue weighted by atomic mass is 16.3. The van der Waals surface area contributed by atoms with Crippen LogP contribution >= 0.6 is 0 Å². The summed E-state index contributed by atoms with van der Waals surface area (Å²) in [6.07, 6.45) is 1.79. The van der Waals surface area contributed by atoms with Gasteiger partial charge in [-0.2, -0.15) is 0 Å². The van der Waals surface area contributed by atoms with E-state index in [-0.39, 0.29) is 11.0 Å². The molecule has 2 rings (SSSR count). The summed E-state index contributed by atoms with van der Waals surface area (Å²) in [4.78, 5) is 4.26. The van der Waals surface area contributed by atoms with Gasteiger partial charge in [-0.3, -0.25) is 4.98 Å². The van der Waals surface area contributed by atoms with Crippen LogP contribution < -0.4 is 5.32 Å². The minimum Gasteiger partial charge on any atom is -0.507 e. The van der Waals surface area contributed by atoms with Crippen molar-refractivity contribution in [1.82, 2.24) is 10.3 Å². The molecule has 1 aromatic heterocycles. The van der Waals surface area contributed by atoms with Crippen LogP contribution in [0.25, 0.3) is 11.1 Å². The number of aromatic nitrogens is 1. The van der Waals surface area contributed by atoms with Gasteiger partial charge >= 0.3 is 0 Å². The molecule has 0 bridgehead atoms. The predicted octanol–water partition coefficient (Wildman–Crippen LogP) is 4.95. The Morgan fingerprint density at radius 3 is 2.25 bits per heavy atom. The van der Waals surface area contributed by atoms with Gasteiger partial charge in [0.1, 0.15) is 5.75 Å². The molecule has 0 atom stereocenters. The van der Waals surface area contributed by atoms with Crippen LogP contribution in [0.15, 0.2) is 30.5 Å². The molecule has 0 unspecified atom stereocenters. The number of aryl methyl sites for hydroxylation is 1. The molecule has 0 spiro atoms. The maximum atomic E-state index is 10.9. The van der Waals surface area contributed by atoms with Gasteiger partial charge in [0.2, 0.25) is 0 Å². The van der Waals surface area contributed by atoms with Crippen molar-refractivity contribution in [3.63, 3.8) is 0 Å². The van der Waals surface area contributed by atoms with E-state index in [1.54, 1.807) is 6.20 Å². The van der Waals surface area contributed by atoms with E-state index in [0.717, 1.165) is 22.4 Å². The Hall–Kier alpha value is -1.87. The minimum absolute atomic E-state index is 0.00239. The Bertz CT molecular complexity index is 722. The highest BCUT2D eigenvalue weighted by Gasteiger charge is 2.20. The van der Waals surface area contributed by atoms with Crippen LogP contribution in [0.1, 0.15) is 58.4 Å². The van der Waals surface area contributed by atoms with Gasteiger partial charge < -0.3 is 10.4 Å². The molecule has 2 N–H and O–H groups in total. The van der Waals surface area contributed by atoms with Crippen molar-refractivity contribution in [2.24, 2.45) is 0 Å². The van der Waals surface area contributed by atoms with Crippen LogP contribution in [0.2, 0.25) is 0 Å². The average molecular weight is 326 g/mol. The summed E-state index contributed by atoms with van der Waals surface area (Å²) < 4.78 is 0. The fraction of sp³-hybridized carbons (Fsp3) is 0.476. The summed E-state index contributed by atoms with van der Waals surface area (Å²) >= 11 is 0. The number of rotatable bonds is 3. The van der Waals surface area contributed by atoms with Gasteiger partial charge in [-0.1, -0.05) is 26.8 Å². The third-order valence-electron chi connectivity index (χ3n) is 4.07. The number of aromatic hydroxyl groups is 1. The minimum atomic E-state index is -0.00239. The summed E-state index contributed by atoms with van der Waals surface area (Å²) in [7, 11) is 0. The Morgan fingerprint density at radius 1 is 1.04 bits per heavy atom. The summed E-state index contributed by atoms with van der Waals surface area (Å²) in [5, 5.41) is 14.3. The number of nitrogens with one attached hydrogen (secondary N) is 1. The molecule has 0 radical (unpaired) electrons. The summed E-state index contributed by atoms with van der Waals surface area (Å²) in [5.41, 5.74) is 4.99. The van der Waals surface area contributed by atoms with Gasteiger partial charge in [0.15, 0.2) is 0 Å². The topological polar surface area (TPSA) is 45.1 Å². The fourth-order valence-electron chi connectivity index (χ4n) is 2.56. The van der Waals surface area contributed by atoms with Crippen molar-refractivity contribution in [3.8, 4) is 16.9 Å². The lowest BCUT2D eigenvalue weighted by atomic mass is 9.83. The van der Waals surface area contributed by atoms with E-state index >= 15 is 0 Å². The maximum Gasteiger partial charge on any atom is 0.127 e. The lowest BCUT2D eigenvalue weighted by molar-refractivity contribution is 0.411. The largest absolute Gasteiger partial charge is 0.507 e. The zero-order chi connectivity index (χ0) is 18.1. The monoisotopic (exact) mass is 326 g/mol. The molecule has 0 saturated carbocycles. The van der Waals surface area contributed by atoms with Crippen molar-refractivity contribution in [2.75, 3.05) is 0 Å². The van der Waals surface area contributed by atoms with Crippen molar-refractivity contribution >= 4 is 0 Å². The zero-order valence-electron chi connectivity index (χ0n) is 16.0. The first-order valence-corrected chi connectivity index (χ1v) is 8.52. The van der Waals surface area contributed by atoms with E-state index < -0.39 is 0 Å². The molecule has 1 aromatic carbocycles. The highest BCUT2D eigenvalue weighted by Crippen LogP contribution is 2.37. The molecule has 0 fully saturated rings. The third kappa shape index (κ3) is 4.57. The standard InChI is InChI=1S/C21H30N2O/c1-14-10-15(8-9-22-14)18-12-17(20(2,3)4)11-16(19(18)24)13-23-21(5,6)7/h8-12,23-24H,13H2,1-7H3. The Labute approximate surface area is 146 Å². The third-order valence-corrected chi connectivity index (χ3v) is 4.07. The molecular weight excluding hydrogens is 296 g/mol. The lowest BCUT2D eigenvalue weighted by Gasteiger charge is -2.25. The molecule has 1 heterocycles. The fourth-order valence-corrected chi connectivity index (χ4v) is 2.56. The van der Waals surface area contributed by atoms with Gasteiger partial charge in [0.25, 0.3) is 0 Å². The van der Waals surface area contributed by atoms with Gasteiger partial charge in [-0.25, -0.2) is 0 Å². The number of phenols is 1. The molecule has 24 heavy (non-hydrogen) atoms. The van der Waals surface area contributed by atoms with Crippen molar-refractivity contribution < 1.29 is 5.11 Å². The molecule has 0 aliphatic rings. The van der Waals surface area contributed by atoms with E-state index in [9.17, 15) is 5.11 Å². The van der Waals surface area contributed by atoms with Crippen LogP contribution in [-0.2, 0) is 12.0 Å². The van der Waals surface area contributed by atoms with Gasteiger partial charge in [0.05, 0.1) is 0 Å². The number of pyridine rings is 1. The van der Waals surface area contributed by atoms with E-state index in [4.69, 9.17) is 0 Å². The number of phenolic OH excluding ortho intramolecular Hbond substituents is 1. The highest BCUT2D eigenvalue weighted by molar-refractivity contribution is 5.73. The van der Waals surface area contributed by atoms with Crippen molar-refractivity contribution in [1.29, 1.82) is 0 Å². The van der Waals surface area contributed by atoms with Crippen molar-refractivity contribution in [3.05, 3.63) is 47.3 Å². The molecule has 130 valence electrons. The predicted molar refractivity (Wildman–Crippen MR) is 101 cm³/mol. The van der Waals surface area contributed by atoms with E-state index in [0.29, 0.717) is 12.3 Å². The molecule has 3 nitrogen and oxygen atoms in total. The van der Waals surface area contributed by atoms with Crippen molar-refractivity contribution in [2.45, 2.75) is 66.0 Å². The second-order valence-electron chi connectivity index (χ2n) is 8.57. The van der Waals surface area contributed by atoms with Crippen LogP contribution in [0.4, 0.5) is 0 Å². The first-order chi connectivity index (χ1) is 11.0. The number of hydrogen-bond acceptors (Lipinski definition) is 3. The number of benzene rings is 1. The number of nitrogens with zero attached hydrogens (tertiary/aromatic N) is 1. The second-order valence-corrected chi connectivity index (χ2v) is 8.57. The van der Waals surface area contributed by atoms with Crippen LogP contribution in [0.5, 0.6) is 5.75 Å². The summed E-state index contributed by atoms with van der Waals surface area (Å²) in [6.45, 7) is 15.6. The molecule has 0 aliphatic heterocycles. The second kappa shape index (κ2) is 6.56. The summed E-state index contributed by atoms with van der Waals surface area (Å²) in [6, 6.07) is 8.19. The molecule has 0 saturated heterocycles. The lowest BCUT2D eigenvalue weighted by Crippen LogP contribution is -2.35. The molecular formula is C21H30N2O. The Morgan fingerprint density at radius 2 is 1.71 bits per heavy atom. The zero-order valence-corrected chi connectivity index (χ0v) is 16.0. The van der Waals surface area contributed by atoms with E-state index in [1.165, 1.54) is 5.56 Å². The van der Waals surface area contributed by atoms with Crippen LogP contribution in [0.3, 0.4) is 0 Å². The smallest absolute Gasteiger partial charge is 0.127 e. The van der Waals surface area contributed by atoms with Crippen LogP contribution in [0, 0.1) is 6.92 Å². The molecule has 3 heteroatoms. The first kappa shape index (κ1) is 18.5. The average Bonchev–Trinajstić information content (AvgIpc) is 2.44. The van der Waals surface area contributed by atoms with Crippen LogP contribution in [-0.4, -0.2) is 15.6 Å². The SMILES string of the molecule is Cc1cc(-c2cc(C(C)(C)C)cc(CNC(C)(C)C)c2O)ccn1. The summed E-state index contributed by atoms with van der Waals surface area (Å²) in [5.74, 6) is 0.352. The van der Waals surface area contributed by atoms with E-state index in [1.807, 2.05) is 19.1 Å². The van der Waals surface area contributed by atoms with Gasteiger partial charge in [-0.15, -0.1) is 0 Å². The molecule has 2 aromatic rings. The number of hydrogen-bond donors (Lipinski definition) is 2. The van der Waals surface area contributed by atoms with E-state index in [2.05, 4.69) is 64.0 Å². The quantitative estimate of drug-likeness (QED) is 0.839. The van der Waals surface area contributed by atoms with Gasteiger partial charge in [-0.05, 0) is 62.4 Å².